The van der Waals surface area contributed by atoms with Gasteiger partial charge in [0.25, 0.3) is 0 Å². The Balaban J connectivity index is 1.26. The molecule has 3 aromatic heterocycles. The second kappa shape index (κ2) is 11.9. The summed E-state index contributed by atoms with van der Waals surface area (Å²) in [4.78, 5) is 15.1. The summed E-state index contributed by atoms with van der Waals surface area (Å²) in [7, 11) is 0. The molecule has 0 saturated carbocycles. The number of aryl methyl sites for hydroxylation is 1. The summed E-state index contributed by atoms with van der Waals surface area (Å²) in [5.74, 6) is 1.93. The van der Waals surface area contributed by atoms with Crippen molar-refractivity contribution in [3.63, 3.8) is 0 Å². The van der Waals surface area contributed by atoms with E-state index in [1.807, 2.05) is 72.0 Å². The van der Waals surface area contributed by atoms with E-state index in [-0.39, 0.29) is 0 Å². The van der Waals surface area contributed by atoms with Crippen LogP contribution in [0.2, 0.25) is 0 Å². The van der Waals surface area contributed by atoms with Crippen molar-refractivity contribution in [3.05, 3.63) is 169 Å². The molecule has 0 N–H and O–H groups in total. The average molecular weight is 671 g/mol. The fourth-order valence-electron chi connectivity index (χ4n) is 7.39. The molecule has 0 saturated heterocycles. The van der Waals surface area contributed by atoms with Crippen molar-refractivity contribution in [2.24, 2.45) is 0 Å². The summed E-state index contributed by atoms with van der Waals surface area (Å²) >= 11 is 1.86. The van der Waals surface area contributed by atoms with Gasteiger partial charge in [0.15, 0.2) is 17.5 Å². The van der Waals surface area contributed by atoms with Gasteiger partial charge in [-0.05, 0) is 55.0 Å². The van der Waals surface area contributed by atoms with E-state index in [1.54, 1.807) is 0 Å². The van der Waals surface area contributed by atoms with Gasteiger partial charge >= 0.3 is 0 Å². The highest BCUT2D eigenvalue weighted by Gasteiger charge is 2.21. The molecule has 51 heavy (non-hydrogen) atoms. The number of benzene rings is 7. The molecule has 3 heterocycles. The molecule has 0 fully saturated rings. The molecular formula is C46H30N4S. The number of nitrogens with zero attached hydrogens (tertiary/aromatic N) is 4. The zero-order valence-electron chi connectivity index (χ0n) is 27.8. The molecule has 0 aliphatic heterocycles. The third-order valence-corrected chi connectivity index (χ3v) is 10.8. The minimum atomic E-state index is 0.636. The van der Waals surface area contributed by atoms with Gasteiger partial charge in [0.1, 0.15) is 0 Å². The molecule has 0 amide bonds. The fraction of sp³-hybridized carbons (Fsp3) is 0.0217. The van der Waals surface area contributed by atoms with E-state index in [9.17, 15) is 0 Å². The Morgan fingerprint density at radius 1 is 0.431 bits per heavy atom. The Morgan fingerprint density at radius 2 is 1.06 bits per heavy atom. The van der Waals surface area contributed by atoms with E-state index in [1.165, 1.54) is 47.5 Å². The smallest absolute Gasteiger partial charge is 0.164 e. The van der Waals surface area contributed by atoms with Crippen LogP contribution in [0, 0.1) is 6.92 Å². The fourth-order valence-corrected chi connectivity index (χ4v) is 8.50. The summed E-state index contributed by atoms with van der Waals surface area (Å²) in [6, 6.07) is 57.8. The van der Waals surface area contributed by atoms with Gasteiger partial charge in [-0.25, -0.2) is 15.0 Å². The van der Waals surface area contributed by atoms with Crippen LogP contribution in [0.3, 0.4) is 0 Å². The van der Waals surface area contributed by atoms with Crippen molar-refractivity contribution < 1.29 is 0 Å². The monoisotopic (exact) mass is 670 g/mol. The number of para-hydroxylation sites is 1. The van der Waals surface area contributed by atoms with Gasteiger partial charge < -0.3 is 4.57 Å². The summed E-state index contributed by atoms with van der Waals surface area (Å²) < 4.78 is 5.05. The van der Waals surface area contributed by atoms with Crippen LogP contribution < -0.4 is 0 Å². The molecular weight excluding hydrogens is 641 g/mol. The minimum Gasteiger partial charge on any atom is -0.309 e. The van der Waals surface area contributed by atoms with E-state index in [0.717, 1.165) is 33.5 Å². The Kier molecular flexibility index (Phi) is 6.86. The van der Waals surface area contributed by atoms with Gasteiger partial charge in [-0.3, -0.25) is 0 Å². The molecule has 5 heteroatoms. The third kappa shape index (κ3) is 4.93. The number of thiophene rings is 1. The van der Waals surface area contributed by atoms with Crippen LogP contribution in [0.15, 0.2) is 164 Å². The van der Waals surface area contributed by atoms with E-state index in [0.29, 0.717) is 17.5 Å². The molecule has 0 aliphatic carbocycles. The lowest BCUT2D eigenvalue weighted by atomic mass is 9.98. The summed E-state index contributed by atoms with van der Waals surface area (Å²) in [5.41, 5.74) is 9.75. The lowest BCUT2D eigenvalue weighted by molar-refractivity contribution is 1.07. The van der Waals surface area contributed by atoms with Crippen molar-refractivity contribution in [2.75, 3.05) is 0 Å². The van der Waals surface area contributed by atoms with Crippen LogP contribution in [0.4, 0.5) is 0 Å². The Labute approximate surface area is 299 Å². The standard InChI is InChI=1S/C46H30N4S/c1-29-13-12-18-32(27-29)36-28-33(46-48-44(30-14-4-2-5-15-30)47-45(49-46)31-16-6-3-7-17-31)23-24-38(36)50-37-21-10-8-19-34(37)42-39(50)25-26-41-43(42)35-20-9-11-22-40(35)51-41/h2-28H,1H3. The lowest BCUT2D eigenvalue weighted by Crippen LogP contribution is -2.02. The molecule has 240 valence electrons. The van der Waals surface area contributed by atoms with E-state index < -0.39 is 0 Å². The molecule has 0 spiro atoms. The van der Waals surface area contributed by atoms with E-state index >= 15 is 0 Å². The molecule has 0 bridgehead atoms. The topological polar surface area (TPSA) is 43.6 Å². The zero-order chi connectivity index (χ0) is 33.9. The van der Waals surface area contributed by atoms with Gasteiger partial charge in [0.2, 0.25) is 0 Å². The molecule has 0 unspecified atom stereocenters. The number of hydrogen-bond acceptors (Lipinski definition) is 4. The Hall–Kier alpha value is -6.43. The van der Waals surface area contributed by atoms with Crippen molar-refractivity contribution in [1.82, 2.24) is 19.5 Å². The zero-order valence-corrected chi connectivity index (χ0v) is 28.6. The maximum Gasteiger partial charge on any atom is 0.164 e. The van der Waals surface area contributed by atoms with Gasteiger partial charge in [-0.1, -0.05) is 127 Å². The normalized spacial score (nSPS) is 11.6. The van der Waals surface area contributed by atoms with Gasteiger partial charge in [0.05, 0.1) is 16.7 Å². The largest absolute Gasteiger partial charge is 0.309 e. The molecule has 0 radical (unpaired) electrons. The van der Waals surface area contributed by atoms with Gasteiger partial charge in [-0.15, -0.1) is 11.3 Å². The number of aromatic nitrogens is 4. The minimum absolute atomic E-state index is 0.636. The Morgan fingerprint density at radius 3 is 1.78 bits per heavy atom. The molecule has 10 rings (SSSR count). The van der Waals surface area contributed by atoms with Gasteiger partial charge in [-0.2, -0.15) is 0 Å². The highest BCUT2D eigenvalue weighted by Crippen LogP contribution is 2.44. The predicted molar refractivity (Wildman–Crippen MR) is 214 cm³/mol. The van der Waals surface area contributed by atoms with Crippen molar-refractivity contribution in [3.8, 4) is 51.0 Å². The van der Waals surface area contributed by atoms with Crippen molar-refractivity contribution in [2.45, 2.75) is 6.92 Å². The highest BCUT2D eigenvalue weighted by atomic mass is 32.1. The van der Waals surface area contributed by atoms with Crippen molar-refractivity contribution >= 4 is 53.3 Å². The van der Waals surface area contributed by atoms with Crippen LogP contribution in [0.5, 0.6) is 0 Å². The first-order chi connectivity index (χ1) is 25.2. The van der Waals surface area contributed by atoms with Crippen LogP contribution in [-0.4, -0.2) is 19.5 Å². The van der Waals surface area contributed by atoms with Crippen LogP contribution in [0.1, 0.15) is 5.56 Å². The van der Waals surface area contributed by atoms with Crippen LogP contribution in [-0.2, 0) is 0 Å². The van der Waals surface area contributed by atoms with Crippen LogP contribution in [0.25, 0.3) is 93.0 Å². The second-order valence-corrected chi connectivity index (χ2v) is 14.0. The first-order valence-electron chi connectivity index (χ1n) is 17.1. The van der Waals surface area contributed by atoms with E-state index in [4.69, 9.17) is 15.0 Å². The molecule has 10 aromatic rings. The molecule has 0 aliphatic rings. The predicted octanol–water partition coefficient (Wildman–Crippen LogP) is 12.3. The number of hydrogen-bond donors (Lipinski definition) is 0. The van der Waals surface area contributed by atoms with Crippen molar-refractivity contribution in [1.29, 1.82) is 0 Å². The quantitative estimate of drug-likeness (QED) is 0.183. The summed E-state index contributed by atoms with van der Waals surface area (Å²) in [6.07, 6.45) is 0. The molecule has 4 nitrogen and oxygen atoms in total. The van der Waals surface area contributed by atoms with Crippen LogP contribution >= 0.6 is 11.3 Å². The lowest BCUT2D eigenvalue weighted by Gasteiger charge is -2.16. The second-order valence-electron chi connectivity index (χ2n) is 12.9. The Bertz CT molecular complexity index is 2870. The van der Waals surface area contributed by atoms with E-state index in [2.05, 4.69) is 115 Å². The molecule has 7 aromatic carbocycles. The summed E-state index contributed by atoms with van der Waals surface area (Å²) in [5, 5.41) is 5.16. The SMILES string of the molecule is Cc1cccc(-c2cc(-c3nc(-c4ccccc4)nc(-c4ccccc4)n3)ccc2-n2c3ccccc3c3c4c(ccc32)sc2ccccc24)c1. The van der Waals surface area contributed by atoms with Gasteiger partial charge in [0, 0.05) is 53.2 Å². The third-order valence-electron chi connectivity index (χ3n) is 9.70. The number of rotatable bonds is 5. The average Bonchev–Trinajstić information content (AvgIpc) is 3.74. The highest BCUT2D eigenvalue weighted by molar-refractivity contribution is 7.26. The first kappa shape index (κ1) is 29.5. The maximum atomic E-state index is 5.07. The summed E-state index contributed by atoms with van der Waals surface area (Å²) in [6.45, 7) is 2.15. The first-order valence-corrected chi connectivity index (χ1v) is 17.9. The number of fused-ring (bicyclic) bond motifs is 7. The maximum absolute atomic E-state index is 5.07. The molecule has 0 atom stereocenters.